The van der Waals surface area contributed by atoms with Crippen LogP contribution in [-0.2, 0) is 11.3 Å². The predicted molar refractivity (Wildman–Crippen MR) is 72.2 cm³/mol. The Morgan fingerprint density at radius 1 is 1.17 bits per heavy atom. The molecule has 0 N–H and O–H groups in total. The van der Waals surface area contributed by atoms with Gasteiger partial charge < -0.3 is 9.30 Å². The largest absolute Gasteiger partial charge is 0.373 e. The first-order chi connectivity index (χ1) is 8.49. The van der Waals surface area contributed by atoms with Crippen molar-refractivity contribution in [2.45, 2.75) is 46.4 Å². The predicted octanol–water partition coefficient (Wildman–Crippen LogP) is 4.29. The summed E-state index contributed by atoms with van der Waals surface area (Å²) in [5.74, 6) is -0.196. The SMILES string of the molecule is CC(C)OCc1cc2ccc(F)cc2n1C(C)C. The second-order valence-corrected chi connectivity index (χ2v) is 5.16. The number of fused-ring (bicyclic) bond motifs is 1. The number of hydrogen-bond donors (Lipinski definition) is 0. The van der Waals surface area contributed by atoms with E-state index in [2.05, 4.69) is 24.5 Å². The molecule has 1 heterocycles. The van der Waals surface area contributed by atoms with E-state index in [1.165, 1.54) is 6.07 Å². The Morgan fingerprint density at radius 2 is 1.89 bits per heavy atom. The van der Waals surface area contributed by atoms with Crippen molar-refractivity contribution in [1.82, 2.24) is 4.57 Å². The third-order valence-corrected chi connectivity index (χ3v) is 2.96. The highest BCUT2D eigenvalue weighted by Gasteiger charge is 2.12. The van der Waals surface area contributed by atoms with E-state index in [1.54, 1.807) is 6.07 Å². The molecule has 2 nitrogen and oxygen atoms in total. The standard InChI is InChI=1S/C15H20FNO/c1-10(2)17-14(9-18-11(3)4)7-12-5-6-13(16)8-15(12)17/h5-8,10-11H,9H2,1-4H3. The van der Waals surface area contributed by atoms with Gasteiger partial charge in [-0.1, -0.05) is 0 Å². The summed E-state index contributed by atoms with van der Waals surface area (Å²) < 4.78 is 21.2. The molecule has 2 aromatic rings. The summed E-state index contributed by atoms with van der Waals surface area (Å²) in [4.78, 5) is 0. The van der Waals surface area contributed by atoms with Gasteiger partial charge in [0.1, 0.15) is 5.82 Å². The van der Waals surface area contributed by atoms with Gasteiger partial charge in [-0.05, 0) is 52.0 Å². The molecule has 0 amide bonds. The van der Waals surface area contributed by atoms with Crippen molar-refractivity contribution in [3.8, 4) is 0 Å². The van der Waals surface area contributed by atoms with E-state index >= 15 is 0 Å². The van der Waals surface area contributed by atoms with Crippen molar-refractivity contribution in [3.63, 3.8) is 0 Å². The van der Waals surface area contributed by atoms with Crippen LogP contribution in [0, 0.1) is 5.82 Å². The average molecular weight is 249 g/mol. The van der Waals surface area contributed by atoms with Gasteiger partial charge in [0.15, 0.2) is 0 Å². The molecule has 0 spiro atoms. The van der Waals surface area contributed by atoms with Crippen LogP contribution in [0.3, 0.4) is 0 Å². The lowest BCUT2D eigenvalue weighted by Crippen LogP contribution is -2.09. The number of aromatic nitrogens is 1. The Labute approximate surface area is 107 Å². The molecule has 0 unspecified atom stereocenters. The second-order valence-electron chi connectivity index (χ2n) is 5.16. The zero-order valence-corrected chi connectivity index (χ0v) is 11.4. The second kappa shape index (κ2) is 5.11. The molecule has 98 valence electrons. The van der Waals surface area contributed by atoms with Crippen LogP contribution in [0.4, 0.5) is 4.39 Å². The van der Waals surface area contributed by atoms with E-state index in [0.717, 1.165) is 16.6 Å². The molecule has 3 heteroatoms. The highest BCUT2D eigenvalue weighted by atomic mass is 19.1. The molecule has 0 aliphatic heterocycles. The van der Waals surface area contributed by atoms with Gasteiger partial charge in [-0.3, -0.25) is 0 Å². The third kappa shape index (κ3) is 2.56. The van der Waals surface area contributed by atoms with Crippen LogP contribution in [0.1, 0.15) is 39.4 Å². The number of hydrogen-bond acceptors (Lipinski definition) is 1. The van der Waals surface area contributed by atoms with E-state index < -0.39 is 0 Å². The number of rotatable bonds is 4. The van der Waals surface area contributed by atoms with E-state index in [-0.39, 0.29) is 18.0 Å². The first kappa shape index (κ1) is 13.1. The van der Waals surface area contributed by atoms with Crippen LogP contribution in [0.25, 0.3) is 10.9 Å². The van der Waals surface area contributed by atoms with Crippen LogP contribution in [0.2, 0.25) is 0 Å². The minimum absolute atomic E-state index is 0.195. The minimum atomic E-state index is -0.196. The Kier molecular flexibility index (Phi) is 3.71. The Bertz CT molecular complexity index is 543. The molecule has 2 rings (SSSR count). The molecule has 18 heavy (non-hydrogen) atoms. The van der Waals surface area contributed by atoms with Crippen LogP contribution < -0.4 is 0 Å². The van der Waals surface area contributed by atoms with Gasteiger partial charge in [-0.25, -0.2) is 4.39 Å². The van der Waals surface area contributed by atoms with Gasteiger partial charge in [0, 0.05) is 17.1 Å². The van der Waals surface area contributed by atoms with E-state index in [1.807, 2.05) is 19.9 Å². The molecule has 0 aliphatic carbocycles. The molecular weight excluding hydrogens is 229 g/mol. The summed E-state index contributed by atoms with van der Waals surface area (Å²) in [6.45, 7) is 8.79. The van der Waals surface area contributed by atoms with Crippen molar-refractivity contribution in [2.75, 3.05) is 0 Å². The number of ether oxygens (including phenoxy) is 1. The molecule has 0 saturated carbocycles. The Hall–Kier alpha value is -1.35. The monoisotopic (exact) mass is 249 g/mol. The van der Waals surface area contributed by atoms with Crippen LogP contribution in [0.15, 0.2) is 24.3 Å². The van der Waals surface area contributed by atoms with E-state index in [4.69, 9.17) is 4.74 Å². The van der Waals surface area contributed by atoms with Crippen LogP contribution >= 0.6 is 0 Å². The summed E-state index contributed by atoms with van der Waals surface area (Å²) in [6.07, 6.45) is 0.195. The highest BCUT2D eigenvalue weighted by Crippen LogP contribution is 2.25. The average Bonchev–Trinajstić information content (AvgIpc) is 2.63. The number of nitrogens with zero attached hydrogens (tertiary/aromatic N) is 1. The zero-order valence-electron chi connectivity index (χ0n) is 11.4. The smallest absolute Gasteiger partial charge is 0.125 e. The Morgan fingerprint density at radius 3 is 2.50 bits per heavy atom. The van der Waals surface area contributed by atoms with Gasteiger partial charge in [0.2, 0.25) is 0 Å². The van der Waals surface area contributed by atoms with Gasteiger partial charge >= 0.3 is 0 Å². The van der Waals surface area contributed by atoms with Crippen molar-refractivity contribution < 1.29 is 9.13 Å². The maximum absolute atomic E-state index is 13.4. The highest BCUT2D eigenvalue weighted by molar-refractivity contribution is 5.81. The summed E-state index contributed by atoms with van der Waals surface area (Å²) >= 11 is 0. The van der Waals surface area contributed by atoms with E-state index in [9.17, 15) is 4.39 Å². The summed E-state index contributed by atoms with van der Waals surface area (Å²) in [5, 5.41) is 1.06. The quantitative estimate of drug-likeness (QED) is 0.788. The molecule has 1 aromatic carbocycles. The van der Waals surface area contributed by atoms with Crippen LogP contribution in [0.5, 0.6) is 0 Å². The molecule has 0 atom stereocenters. The summed E-state index contributed by atoms with van der Waals surface area (Å²) in [7, 11) is 0. The lowest BCUT2D eigenvalue weighted by Gasteiger charge is -2.16. The molecular formula is C15H20FNO. The lowest BCUT2D eigenvalue weighted by molar-refractivity contribution is 0.0615. The summed E-state index contributed by atoms with van der Waals surface area (Å²) in [5.41, 5.74) is 2.03. The molecule has 0 aliphatic rings. The normalized spacial score (nSPS) is 11.9. The molecule has 0 fully saturated rings. The third-order valence-electron chi connectivity index (χ3n) is 2.96. The molecule has 0 saturated heterocycles. The molecule has 0 radical (unpaired) electrons. The van der Waals surface area contributed by atoms with Gasteiger partial charge in [0.05, 0.1) is 18.2 Å². The van der Waals surface area contributed by atoms with Crippen molar-refractivity contribution in [3.05, 3.63) is 35.8 Å². The fraction of sp³-hybridized carbons (Fsp3) is 0.467. The topological polar surface area (TPSA) is 14.2 Å². The molecule has 1 aromatic heterocycles. The number of halogens is 1. The van der Waals surface area contributed by atoms with Crippen molar-refractivity contribution >= 4 is 10.9 Å². The van der Waals surface area contributed by atoms with Gasteiger partial charge in [-0.2, -0.15) is 0 Å². The van der Waals surface area contributed by atoms with Gasteiger partial charge in [0.25, 0.3) is 0 Å². The molecule has 0 bridgehead atoms. The Balaban J connectivity index is 2.48. The van der Waals surface area contributed by atoms with E-state index in [0.29, 0.717) is 6.61 Å². The van der Waals surface area contributed by atoms with Gasteiger partial charge in [-0.15, -0.1) is 0 Å². The maximum Gasteiger partial charge on any atom is 0.125 e. The van der Waals surface area contributed by atoms with Crippen molar-refractivity contribution in [2.24, 2.45) is 0 Å². The minimum Gasteiger partial charge on any atom is -0.373 e. The maximum atomic E-state index is 13.4. The number of benzene rings is 1. The zero-order chi connectivity index (χ0) is 13.3. The summed E-state index contributed by atoms with van der Waals surface area (Å²) in [6, 6.07) is 7.28. The first-order valence-corrected chi connectivity index (χ1v) is 6.40. The van der Waals surface area contributed by atoms with Crippen molar-refractivity contribution in [1.29, 1.82) is 0 Å². The lowest BCUT2D eigenvalue weighted by atomic mass is 10.2. The van der Waals surface area contributed by atoms with Crippen LogP contribution in [-0.4, -0.2) is 10.7 Å². The fourth-order valence-corrected chi connectivity index (χ4v) is 2.22. The fourth-order valence-electron chi connectivity index (χ4n) is 2.22. The first-order valence-electron chi connectivity index (χ1n) is 6.40.